The molecule has 8 rings (SSSR count). The van der Waals surface area contributed by atoms with Crippen molar-refractivity contribution in [2.45, 2.75) is 27.7 Å². The summed E-state index contributed by atoms with van der Waals surface area (Å²) in [6.45, 7) is 7.63. The number of allylic oxidation sites excluding steroid dienone is 12. The molecular weight excluding hydrogens is 508 g/mol. The van der Waals surface area contributed by atoms with E-state index in [1.807, 2.05) is 39.8 Å². The monoisotopic (exact) mass is 536 g/mol. The van der Waals surface area contributed by atoms with Crippen molar-refractivity contribution >= 4 is 23.5 Å². The molecule has 0 amide bonds. The Labute approximate surface area is 232 Å². The van der Waals surface area contributed by atoms with Crippen LogP contribution < -0.4 is 0 Å². The topological polar surface area (TPSA) is 134 Å². The fourth-order valence-electron chi connectivity index (χ4n) is 9.11. The van der Waals surface area contributed by atoms with E-state index >= 15 is 0 Å². The van der Waals surface area contributed by atoms with Crippen LogP contribution in [-0.4, -0.2) is 37.7 Å². The summed E-state index contributed by atoms with van der Waals surface area (Å²) in [4.78, 5) is 58.2. The van der Waals surface area contributed by atoms with Crippen LogP contribution in [0.15, 0.2) is 69.9 Å². The van der Waals surface area contributed by atoms with Gasteiger partial charge in [0.2, 0.25) is 0 Å². The molecule has 202 valence electrons. The maximum Gasteiger partial charge on any atom is 0.322 e. The molecule has 40 heavy (non-hydrogen) atoms. The molecule has 0 heterocycles. The van der Waals surface area contributed by atoms with Crippen LogP contribution in [0, 0.1) is 68.0 Å². The number of hydrogen-bond acceptors (Lipinski definition) is 8. The van der Waals surface area contributed by atoms with Crippen LogP contribution in [0.1, 0.15) is 27.7 Å². The molecule has 0 aliphatic heterocycles. The molecule has 8 aliphatic carbocycles. The van der Waals surface area contributed by atoms with E-state index in [1.165, 1.54) is 14.2 Å². The third-order valence-electron chi connectivity index (χ3n) is 10.3. The second-order valence-corrected chi connectivity index (χ2v) is 11.9. The van der Waals surface area contributed by atoms with Crippen molar-refractivity contribution in [2.24, 2.45) is 45.3 Å². The highest BCUT2D eigenvalue weighted by atomic mass is 16.5. The maximum atomic E-state index is 14.7. The highest BCUT2D eigenvalue weighted by Crippen LogP contribution is 2.84. The quantitative estimate of drug-likeness (QED) is 0.302. The summed E-state index contributed by atoms with van der Waals surface area (Å²) >= 11 is 0. The Morgan fingerprint density at radius 1 is 0.750 bits per heavy atom. The highest BCUT2D eigenvalue weighted by molar-refractivity contribution is 6.25. The first kappa shape index (κ1) is 26.0. The smallest absolute Gasteiger partial charge is 0.322 e. The summed E-state index contributed by atoms with van der Waals surface area (Å²) in [7, 11) is 2.39. The molecular formula is C32H28N2O6. The molecule has 2 spiro atoms. The van der Waals surface area contributed by atoms with Gasteiger partial charge >= 0.3 is 11.9 Å². The number of carbonyl (C=O) groups excluding carboxylic acids is 4. The van der Waals surface area contributed by atoms with E-state index in [4.69, 9.17) is 9.47 Å². The number of ether oxygens (including phenoxy) is 2. The molecule has 0 unspecified atom stereocenters. The lowest BCUT2D eigenvalue weighted by molar-refractivity contribution is -0.186. The van der Waals surface area contributed by atoms with Crippen molar-refractivity contribution in [1.82, 2.24) is 0 Å². The van der Waals surface area contributed by atoms with Crippen molar-refractivity contribution in [1.29, 1.82) is 10.5 Å². The molecule has 0 saturated carbocycles. The molecule has 6 atom stereocenters. The van der Waals surface area contributed by atoms with Crippen molar-refractivity contribution in [3.8, 4) is 12.1 Å². The van der Waals surface area contributed by atoms with Gasteiger partial charge in [0.25, 0.3) is 0 Å². The van der Waals surface area contributed by atoms with E-state index in [2.05, 4.69) is 12.1 Å². The third-order valence-corrected chi connectivity index (χ3v) is 10.3. The lowest BCUT2D eigenvalue weighted by Gasteiger charge is -2.64. The Balaban J connectivity index is 2.02. The van der Waals surface area contributed by atoms with Gasteiger partial charge in [-0.1, -0.05) is 75.3 Å². The normalized spacial score (nSPS) is 37.8. The number of hydrogen-bond donors (Lipinski definition) is 0. The fourth-order valence-corrected chi connectivity index (χ4v) is 9.11. The Hall–Kier alpha value is -4.30. The van der Waals surface area contributed by atoms with E-state index in [-0.39, 0.29) is 34.1 Å². The molecule has 4 bridgehead atoms. The molecule has 0 fully saturated rings. The van der Waals surface area contributed by atoms with Crippen molar-refractivity contribution < 1.29 is 28.7 Å². The zero-order chi connectivity index (χ0) is 29.2. The zero-order valence-corrected chi connectivity index (χ0v) is 23.1. The van der Waals surface area contributed by atoms with Crippen LogP contribution in [0.25, 0.3) is 0 Å². The first-order valence-corrected chi connectivity index (χ1v) is 13.3. The fraction of sp³-hybridized carbons (Fsp3) is 0.438. The van der Waals surface area contributed by atoms with Crippen LogP contribution in [-0.2, 0) is 28.7 Å². The standard InChI is InChI=1S/C32H28N2O6/c1-15(2)17-11-29-21-7-9-23(17)31(27(37)39-5)25(35)20(14-34)22-8-10-24(18(16(3)4)12-30(22,29)31)32(29,28(38)40-6)26(36)19(21)13-33/h7-12,15-16,23-24H,1-6H3/t23-,24+,29+,30-,31-,32+. The van der Waals surface area contributed by atoms with Gasteiger partial charge in [0.05, 0.1) is 25.0 Å². The molecule has 0 aromatic carbocycles. The van der Waals surface area contributed by atoms with Gasteiger partial charge in [-0.2, -0.15) is 10.5 Å². The Morgan fingerprint density at radius 2 is 1.10 bits per heavy atom. The van der Waals surface area contributed by atoms with Gasteiger partial charge in [-0.3, -0.25) is 19.2 Å². The van der Waals surface area contributed by atoms with Crippen LogP contribution in [0.4, 0.5) is 0 Å². The SMILES string of the molecule is COC(=O)[C@@]12C(=O)C(C#N)=C3C=C[C@H]4C(C(C)C)=C[C@]31[C@]13C=C(C(C)C)[C@H]2C=CC1=C(C#N)C(=O)[C@]43C(=O)OC. The molecule has 8 nitrogen and oxygen atoms in total. The van der Waals surface area contributed by atoms with Crippen molar-refractivity contribution in [3.63, 3.8) is 0 Å². The van der Waals surface area contributed by atoms with E-state index in [0.717, 1.165) is 0 Å². The summed E-state index contributed by atoms with van der Waals surface area (Å²) in [6.07, 6.45) is 10.4. The lowest BCUT2D eigenvalue weighted by Crippen LogP contribution is -2.71. The number of carbonyl (C=O) groups is 4. The first-order chi connectivity index (χ1) is 19.0. The number of nitrogens with zero attached hydrogens (tertiary/aromatic N) is 2. The Morgan fingerprint density at radius 3 is 1.38 bits per heavy atom. The third kappa shape index (κ3) is 2.11. The molecule has 0 radical (unpaired) electrons. The largest absolute Gasteiger partial charge is 0.468 e. The highest BCUT2D eigenvalue weighted by Gasteiger charge is 2.90. The second-order valence-electron chi connectivity index (χ2n) is 11.9. The van der Waals surface area contributed by atoms with Gasteiger partial charge in [0.15, 0.2) is 22.4 Å². The maximum absolute atomic E-state index is 14.7. The predicted molar refractivity (Wildman–Crippen MR) is 140 cm³/mol. The number of esters is 2. The summed E-state index contributed by atoms with van der Waals surface area (Å²) in [5.41, 5.74) is -6.12. The van der Waals surface area contributed by atoms with Gasteiger partial charge in [0.1, 0.15) is 23.3 Å². The summed E-state index contributed by atoms with van der Waals surface area (Å²) < 4.78 is 10.9. The minimum absolute atomic E-state index is 0.211. The number of methoxy groups -OCH3 is 2. The van der Waals surface area contributed by atoms with E-state index in [0.29, 0.717) is 11.1 Å². The average molecular weight is 537 g/mol. The molecule has 0 saturated heterocycles. The number of ketones is 2. The predicted octanol–water partition coefficient (Wildman–Crippen LogP) is 3.65. The van der Waals surface area contributed by atoms with Crippen LogP contribution in [0.5, 0.6) is 0 Å². The van der Waals surface area contributed by atoms with E-state index in [1.54, 1.807) is 24.3 Å². The molecule has 0 aromatic rings. The lowest BCUT2D eigenvalue weighted by atomic mass is 9.33. The minimum atomic E-state index is -2.04. The van der Waals surface area contributed by atoms with Crippen LogP contribution in [0.3, 0.4) is 0 Å². The van der Waals surface area contributed by atoms with Crippen molar-refractivity contribution in [3.05, 3.63) is 69.9 Å². The summed E-state index contributed by atoms with van der Waals surface area (Å²) in [5, 5.41) is 20.8. The van der Waals surface area contributed by atoms with Gasteiger partial charge in [-0.05, 0) is 23.0 Å². The number of rotatable bonds is 4. The van der Waals surface area contributed by atoms with Crippen molar-refractivity contribution in [2.75, 3.05) is 14.2 Å². The van der Waals surface area contributed by atoms with Gasteiger partial charge < -0.3 is 9.47 Å². The molecule has 8 heteroatoms. The molecule has 0 N–H and O–H groups in total. The molecule has 0 aromatic heterocycles. The van der Waals surface area contributed by atoms with Gasteiger partial charge in [-0.25, -0.2) is 0 Å². The second kappa shape index (κ2) is 7.67. The Bertz CT molecular complexity index is 1530. The number of Topliss-reactive ketones (excluding diaryl/α,β-unsaturated/α-hetero) is 2. The van der Waals surface area contributed by atoms with Gasteiger partial charge in [-0.15, -0.1) is 0 Å². The van der Waals surface area contributed by atoms with E-state index in [9.17, 15) is 29.7 Å². The molecule has 8 aliphatic rings. The Kier molecular flexibility index (Phi) is 4.97. The summed E-state index contributed by atoms with van der Waals surface area (Å²) in [5.74, 6) is -5.32. The zero-order valence-electron chi connectivity index (χ0n) is 23.1. The average Bonchev–Trinajstić information content (AvgIpc) is 3.09. The summed E-state index contributed by atoms with van der Waals surface area (Å²) in [6, 6.07) is 4.13. The van der Waals surface area contributed by atoms with Gasteiger partial charge in [0, 0.05) is 11.8 Å². The van der Waals surface area contributed by atoms with Crippen LogP contribution in [0.2, 0.25) is 0 Å². The van der Waals surface area contributed by atoms with E-state index < -0.39 is 57.0 Å². The number of nitriles is 2. The minimum Gasteiger partial charge on any atom is -0.468 e. The van der Waals surface area contributed by atoms with Crippen LogP contribution >= 0.6 is 0 Å². The first-order valence-electron chi connectivity index (χ1n) is 13.3.